The molecule has 0 saturated heterocycles. The predicted octanol–water partition coefficient (Wildman–Crippen LogP) is 11.8. The first-order valence-corrected chi connectivity index (χ1v) is 34.9. The van der Waals surface area contributed by atoms with Crippen LogP contribution in [0.5, 0.6) is 0 Å². The van der Waals surface area contributed by atoms with Crippen molar-refractivity contribution in [2.75, 3.05) is 52.7 Å². The van der Waals surface area contributed by atoms with Crippen LogP contribution in [0.1, 0.15) is 165 Å². The van der Waals surface area contributed by atoms with Crippen LogP contribution < -0.4 is 5.32 Å². The van der Waals surface area contributed by atoms with Gasteiger partial charge in [0.2, 0.25) is 0 Å². The van der Waals surface area contributed by atoms with Crippen LogP contribution in [0.3, 0.4) is 0 Å². The van der Waals surface area contributed by atoms with E-state index < -0.39 is 33.6 Å². The van der Waals surface area contributed by atoms with Crippen molar-refractivity contribution in [3.63, 3.8) is 0 Å². The number of carbonyl (C=O) groups excluding carboxylic acids is 5. The highest BCUT2D eigenvalue weighted by Gasteiger charge is 2.35. The van der Waals surface area contributed by atoms with E-state index >= 15 is 0 Å². The van der Waals surface area contributed by atoms with Gasteiger partial charge in [-0.25, -0.2) is 22.2 Å². The van der Waals surface area contributed by atoms with Crippen LogP contribution in [-0.2, 0) is 35.8 Å². The molecule has 500 valence electrons. The second-order valence-electron chi connectivity index (χ2n) is 24.7. The van der Waals surface area contributed by atoms with Crippen molar-refractivity contribution in [1.29, 1.82) is 0 Å². The zero-order valence-corrected chi connectivity index (χ0v) is 56.6. The van der Waals surface area contributed by atoms with Gasteiger partial charge >= 0.3 is 0 Å². The SMILES string of the molecule is CCCCN(CCCC)C(=O)c1cc(C)n(-c2ccc(-c3cc(F)cc(C(=O)NC)c3)cc2C(=O)N2Cc3ccccc3C[C@H]2CO)n1.CCCCN(CCCC)C(=O)c1cc(C)n(-c2ccc(-c3ccc(S(C)(=O)=O)cc3)cc2C(=O)N2Cc3ccccc3C[C@H]2CO)n1. The molecular formula is C75H88FN9O9S. The van der Waals surface area contributed by atoms with Crippen LogP contribution in [0, 0.1) is 19.7 Å². The van der Waals surface area contributed by atoms with Gasteiger partial charge in [0.25, 0.3) is 29.5 Å². The minimum atomic E-state index is -3.37. The normalized spacial score (nSPS) is 14.3. The number of unbranched alkanes of at least 4 members (excludes halogenated alkanes) is 4. The van der Waals surface area contributed by atoms with Gasteiger partial charge in [-0.05, 0) is 164 Å². The molecular weight excluding hydrogens is 1220 g/mol. The number of hydrogen-bond acceptors (Lipinski definition) is 11. The Hall–Kier alpha value is -9.11. The van der Waals surface area contributed by atoms with Gasteiger partial charge < -0.3 is 35.1 Å². The smallest absolute Gasteiger partial charge is 0.274 e. The van der Waals surface area contributed by atoms with Crippen molar-refractivity contribution in [3.8, 4) is 33.6 Å². The standard InChI is InChI=1S/C38H44FN5O4.C37H44N4O5S/c1-5-7-15-42(16-8-6-2)38(48)34-17-25(3)44(41-34)35-14-13-27(29-18-30(36(46)40-4)20-31(39)19-29)22-33(35)37(47)43-23-28-12-10-9-11-26(28)21-32(43)24-45;1-5-7-19-39(20-8-6-2)37(44)34-21-26(3)41(38-34)35-18-15-29(27-13-16-32(17-14-27)47(4,45)46)23-33(35)36(43)40-24-30-12-10-9-11-28(30)22-31(40)25-42/h9-14,17-20,22,32,45H,5-8,15-16,21,23-24H2,1-4H3,(H,40,46);9-18,21,23,31,42H,5-8,19-20,22,24-25H2,1-4H3/t32-;31-/m00/s1. The second-order valence-corrected chi connectivity index (χ2v) is 26.7. The van der Waals surface area contributed by atoms with Crippen LogP contribution in [-0.4, -0.2) is 152 Å². The Morgan fingerprint density at radius 2 is 0.937 bits per heavy atom. The summed E-state index contributed by atoms with van der Waals surface area (Å²) in [6, 6.07) is 39.7. The zero-order valence-electron chi connectivity index (χ0n) is 55.8. The molecule has 0 bridgehead atoms. The summed E-state index contributed by atoms with van der Waals surface area (Å²) >= 11 is 0. The lowest BCUT2D eigenvalue weighted by atomic mass is 9.93. The quantitative estimate of drug-likeness (QED) is 0.0516. The van der Waals surface area contributed by atoms with Crippen LogP contribution in [0.25, 0.3) is 33.6 Å². The Balaban J connectivity index is 0.000000223. The molecule has 0 radical (unpaired) electrons. The fourth-order valence-corrected chi connectivity index (χ4v) is 13.0. The van der Waals surface area contributed by atoms with Gasteiger partial charge in [0.15, 0.2) is 21.2 Å². The van der Waals surface area contributed by atoms with E-state index in [0.29, 0.717) is 103 Å². The number of rotatable bonds is 24. The highest BCUT2D eigenvalue weighted by atomic mass is 32.2. The van der Waals surface area contributed by atoms with Crippen LogP contribution in [0.15, 0.2) is 144 Å². The number of aromatic nitrogens is 4. The van der Waals surface area contributed by atoms with E-state index in [1.807, 2.05) is 84.3 Å². The lowest BCUT2D eigenvalue weighted by Crippen LogP contribution is -2.46. The number of aliphatic hydroxyl groups excluding tert-OH is 2. The maximum absolute atomic E-state index is 14.8. The molecule has 0 unspecified atom stereocenters. The van der Waals surface area contributed by atoms with Crippen LogP contribution >= 0.6 is 0 Å². The number of aryl methyl sites for hydroxylation is 2. The van der Waals surface area contributed by atoms with E-state index in [4.69, 9.17) is 10.2 Å². The average Bonchev–Trinajstić information content (AvgIpc) is 1.77. The molecule has 6 aromatic carbocycles. The molecule has 18 nitrogen and oxygen atoms in total. The summed E-state index contributed by atoms with van der Waals surface area (Å²) in [5.41, 5.74) is 10.4. The lowest BCUT2D eigenvalue weighted by molar-refractivity contribution is 0.0539. The minimum absolute atomic E-state index is 0.128. The number of nitrogens with zero attached hydrogens (tertiary/aromatic N) is 8. The predicted molar refractivity (Wildman–Crippen MR) is 367 cm³/mol. The number of nitrogens with one attached hydrogen (secondary N) is 1. The average molecular weight is 1310 g/mol. The summed E-state index contributed by atoms with van der Waals surface area (Å²) < 4.78 is 42.2. The number of fused-ring (bicyclic) bond motifs is 2. The number of carbonyl (C=O) groups is 5. The molecule has 95 heavy (non-hydrogen) atoms. The fourth-order valence-electron chi connectivity index (χ4n) is 12.4. The third-order valence-electron chi connectivity index (χ3n) is 17.8. The Morgan fingerprint density at radius 1 is 0.537 bits per heavy atom. The Bertz CT molecular complexity index is 4170. The molecule has 8 aromatic rings. The molecule has 2 aliphatic rings. The van der Waals surface area contributed by atoms with Gasteiger partial charge in [-0.1, -0.05) is 126 Å². The summed E-state index contributed by atoms with van der Waals surface area (Å²) in [6.07, 6.45) is 9.69. The molecule has 2 atom stereocenters. The van der Waals surface area contributed by atoms with E-state index in [9.17, 15) is 47.0 Å². The van der Waals surface area contributed by atoms with E-state index in [0.717, 1.165) is 90.8 Å². The monoisotopic (exact) mass is 1310 g/mol. The molecule has 0 spiro atoms. The van der Waals surface area contributed by atoms with Crippen molar-refractivity contribution in [1.82, 2.24) is 44.5 Å². The van der Waals surface area contributed by atoms with Gasteiger partial charge in [-0.15, -0.1) is 0 Å². The molecule has 0 aliphatic carbocycles. The maximum atomic E-state index is 14.8. The van der Waals surface area contributed by atoms with Crippen molar-refractivity contribution in [3.05, 3.63) is 207 Å². The second kappa shape index (κ2) is 31.9. The third-order valence-corrected chi connectivity index (χ3v) is 18.9. The highest BCUT2D eigenvalue weighted by molar-refractivity contribution is 7.90. The molecule has 4 heterocycles. The van der Waals surface area contributed by atoms with Crippen LogP contribution in [0.4, 0.5) is 4.39 Å². The van der Waals surface area contributed by atoms with Gasteiger partial charge in [0.1, 0.15) is 5.82 Å². The number of aliphatic hydroxyl groups is 2. The minimum Gasteiger partial charge on any atom is -0.394 e. The van der Waals surface area contributed by atoms with Gasteiger partial charge in [-0.2, -0.15) is 10.2 Å². The first kappa shape index (κ1) is 70.2. The summed E-state index contributed by atoms with van der Waals surface area (Å²) in [7, 11) is -1.89. The molecule has 5 amide bonds. The molecule has 0 fully saturated rings. The summed E-state index contributed by atoms with van der Waals surface area (Å²) in [6.45, 7) is 14.9. The molecule has 20 heteroatoms. The Morgan fingerprint density at radius 3 is 1.33 bits per heavy atom. The molecule has 3 N–H and O–H groups in total. The van der Waals surface area contributed by atoms with Gasteiger partial charge in [-0.3, -0.25) is 24.0 Å². The molecule has 2 aliphatic heterocycles. The number of hydrogen-bond donors (Lipinski definition) is 3. The first-order chi connectivity index (χ1) is 45.7. The van der Waals surface area contributed by atoms with Gasteiger partial charge in [0.05, 0.1) is 52.7 Å². The van der Waals surface area contributed by atoms with Gasteiger partial charge in [0, 0.05) is 69.5 Å². The largest absolute Gasteiger partial charge is 0.394 e. The van der Waals surface area contributed by atoms with E-state index in [1.165, 1.54) is 19.4 Å². The van der Waals surface area contributed by atoms with E-state index in [1.54, 1.807) is 85.9 Å². The Kier molecular flexibility index (Phi) is 23.6. The van der Waals surface area contributed by atoms with Crippen molar-refractivity contribution >= 4 is 39.4 Å². The molecule has 10 rings (SSSR count). The van der Waals surface area contributed by atoms with Crippen molar-refractivity contribution in [2.45, 2.75) is 136 Å². The Labute approximate surface area is 557 Å². The lowest BCUT2D eigenvalue weighted by Gasteiger charge is -2.36. The summed E-state index contributed by atoms with van der Waals surface area (Å²) in [5.74, 6) is -1.90. The van der Waals surface area contributed by atoms with E-state index in [-0.39, 0.29) is 52.9 Å². The highest BCUT2D eigenvalue weighted by Crippen LogP contribution is 2.34. The number of benzene rings is 6. The molecule has 2 aromatic heterocycles. The zero-order chi connectivity index (χ0) is 68.1. The van der Waals surface area contributed by atoms with Crippen LogP contribution in [0.2, 0.25) is 0 Å². The van der Waals surface area contributed by atoms with Crippen molar-refractivity contribution < 1.29 is 47.0 Å². The summed E-state index contributed by atoms with van der Waals surface area (Å²) in [5, 5.41) is 32.8. The molecule has 0 saturated carbocycles. The van der Waals surface area contributed by atoms with E-state index in [2.05, 4.69) is 33.0 Å². The number of halogens is 1. The number of amides is 5. The topological polar surface area (TPSA) is 221 Å². The number of sulfone groups is 1. The third kappa shape index (κ3) is 16.3. The fraction of sp³-hybridized carbons (Fsp3) is 0.373. The first-order valence-electron chi connectivity index (χ1n) is 33.1. The van der Waals surface area contributed by atoms with Crippen molar-refractivity contribution in [2.24, 2.45) is 0 Å². The summed E-state index contributed by atoms with van der Waals surface area (Å²) in [4.78, 5) is 76.2. The maximum Gasteiger partial charge on any atom is 0.274 e.